The first-order valence-electron chi connectivity index (χ1n) is 4.59. The SMILES string of the molecule is O=C1CN[C@@H](c2ccc([N+](=O)[O-])cc2)ON1. The summed E-state index contributed by atoms with van der Waals surface area (Å²) in [6.07, 6.45) is -0.474. The number of rotatable bonds is 2. The Morgan fingerprint density at radius 1 is 1.38 bits per heavy atom. The van der Waals surface area contributed by atoms with Crippen molar-refractivity contribution in [2.75, 3.05) is 6.54 Å². The van der Waals surface area contributed by atoms with E-state index in [1.807, 2.05) is 0 Å². The second kappa shape index (κ2) is 4.25. The summed E-state index contributed by atoms with van der Waals surface area (Å²) in [5, 5.41) is 13.3. The van der Waals surface area contributed by atoms with Crippen molar-refractivity contribution in [1.29, 1.82) is 0 Å². The Kier molecular flexibility index (Phi) is 2.80. The number of non-ortho nitro benzene ring substituents is 1. The van der Waals surface area contributed by atoms with Crippen LogP contribution in [0.5, 0.6) is 0 Å². The zero-order valence-electron chi connectivity index (χ0n) is 8.17. The number of benzene rings is 1. The largest absolute Gasteiger partial charge is 0.277 e. The van der Waals surface area contributed by atoms with Crippen molar-refractivity contribution in [3.8, 4) is 0 Å². The van der Waals surface area contributed by atoms with Crippen LogP contribution in [-0.4, -0.2) is 17.4 Å². The number of nitrogens with one attached hydrogen (secondary N) is 2. The molecule has 7 nitrogen and oxygen atoms in total. The number of hydrogen-bond donors (Lipinski definition) is 2. The third kappa shape index (κ3) is 2.15. The highest BCUT2D eigenvalue weighted by molar-refractivity contribution is 5.77. The summed E-state index contributed by atoms with van der Waals surface area (Å²) >= 11 is 0. The molecule has 1 aromatic rings. The second-order valence-corrected chi connectivity index (χ2v) is 3.25. The van der Waals surface area contributed by atoms with Crippen molar-refractivity contribution in [3.05, 3.63) is 39.9 Å². The van der Waals surface area contributed by atoms with Crippen LogP contribution in [-0.2, 0) is 9.63 Å². The minimum Gasteiger partial charge on any atom is -0.277 e. The fourth-order valence-corrected chi connectivity index (χ4v) is 1.34. The third-order valence-corrected chi connectivity index (χ3v) is 2.15. The average Bonchev–Trinajstić information content (AvgIpc) is 2.30. The number of nitro groups is 1. The molecule has 1 aliphatic heterocycles. The van der Waals surface area contributed by atoms with Gasteiger partial charge in [-0.2, -0.15) is 0 Å². The molecule has 1 saturated heterocycles. The molecule has 1 fully saturated rings. The van der Waals surface area contributed by atoms with Crippen molar-refractivity contribution in [3.63, 3.8) is 0 Å². The van der Waals surface area contributed by atoms with Crippen LogP contribution in [0.25, 0.3) is 0 Å². The number of carbonyl (C=O) groups is 1. The van der Waals surface area contributed by atoms with E-state index in [1.54, 1.807) is 12.1 Å². The second-order valence-electron chi connectivity index (χ2n) is 3.25. The van der Waals surface area contributed by atoms with Gasteiger partial charge in [0.05, 0.1) is 11.5 Å². The molecular formula is C9H9N3O4. The molecule has 0 spiro atoms. The van der Waals surface area contributed by atoms with Crippen LogP contribution in [0.2, 0.25) is 0 Å². The molecule has 7 heteroatoms. The summed E-state index contributed by atoms with van der Waals surface area (Å²) in [4.78, 5) is 25.8. The average molecular weight is 223 g/mol. The van der Waals surface area contributed by atoms with Crippen LogP contribution in [0.1, 0.15) is 11.8 Å². The molecule has 2 rings (SSSR count). The van der Waals surface area contributed by atoms with Gasteiger partial charge in [-0.25, -0.2) is 10.3 Å². The molecule has 84 valence electrons. The molecule has 2 N–H and O–H groups in total. The van der Waals surface area contributed by atoms with Gasteiger partial charge in [-0.1, -0.05) is 0 Å². The van der Waals surface area contributed by atoms with E-state index >= 15 is 0 Å². The molecule has 0 aromatic heterocycles. The molecule has 1 amide bonds. The summed E-state index contributed by atoms with van der Waals surface area (Å²) < 4.78 is 0. The summed E-state index contributed by atoms with van der Waals surface area (Å²) in [6.45, 7) is 0.154. The van der Waals surface area contributed by atoms with Crippen molar-refractivity contribution < 1.29 is 14.6 Å². The molecule has 1 heterocycles. The lowest BCUT2D eigenvalue weighted by molar-refractivity contribution is -0.384. The summed E-state index contributed by atoms with van der Waals surface area (Å²) in [7, 11) is 0. The van der Waals surface area contributed by atoms with Gasteiger partial charge in [0, 0.05) is 12.1 Å². The van der Waals surface area contributed by atoms with Crippen molar-refractivity contribution in [2.24, 2.45) is 0 Å². The maximum atomic E-state index is 10.8. The lowest BCUT2D eigenvalue weighted by atomic mass is 10.2. The number of hydroxylamine groups is 1. The van der Waals surface area contributed by atoms with Crippen LogP contribution >= 0.6 is 0 Å². The maximum absolute atomic E-state index is 10.8. The Labute approximate surface area is 90.5 Å². The summed E-state index contributed by atoms with van der Waals surface area (Å²) in [6, 6.07) is 5.92. The van der Waals surface area contributed by atoms with Crippen LogP contribution in [0.3, 0.4) is 0 Å². The molecule has 0 aliphatic carbocycles. The molecule has 0 unspecified atom stereocenters. The van der Waals surface area contributed by atoms with E-state index < -0.39 is 11.2 Å². The van der Waals surface area contributed by atoms with E-state index in [0.717, 1.165) is 0 Å². The number of nitrogens with zero attached hydrogens (tertiary/aromatic N) is 1. The number of amides is 1. The number of carbonyl (C=O) groups excluding carboxylic acids is 1. The number of nitro benzene ring substituents is 1. The van der Waals surface area contributed by atoms with Gasteiger partial charge < -0.3 is 0 Å². The van der Waals surface area contributed by atoms with Gasteiger partial charge >= 0.3 is 0 Å². The Balaban J connectivity index is 2.10. The van der Waals surface area contributed by atoms with Gasteiger partial charge in [0.15, 0.2) is 6.23 Å². The standard InChI is InChI=1S/C9H9N3O4/c13-8-5-10-9(16-11-8)6-1-3-7(4-2-6)12(14)15/h1-4,9-10H,5H2,(H,11,13)/t9-/m1/s1. The highest BCUT2D eigenvalue weighted by Crippen LogP contribution is 2.18. The van der Waals surface area contributed by atoms with Crippen LogP contribution < -0.4 is 10.8 Å². The fourth-order valence-electron chi connectivity index (χ4n) is 1.34. The Morgan fingerprint density at radius 3 is 2.56 bits per heavy atom. The van der Waals surface area contributed by atoms with E-state index in [0.29, 0.717) is 5.56 Å². The highest BCUT2D eigenvalue weighted by Gasteiger charge is 2.20. The Hall–Kier alpha value is -1.99. The minimum atomic E-state index is -0.474. The highest BCUT2D eigenvalue weighted by atomic mass is 16.7. The lowest BCUT2D eigenvalue weighted by Crippen LogP contribution is -2.45. The van der Waals surface area contributed by atoms with E-state index in [4.69, 9.17) is 4.84 Å². The van der Waals surface area contributed by atoms with Gasteiger partial charge in [-0.15, -0.1) is 0 Å². The molecular weight excluding hydrogens is 214 g/mol. The first-order valence-corrected chi connectivity index (χ1v) is 4.59. The van der Waals surface area contributed by atoms with Crippen molar-refractivity contribution in [2.45, 2.75) is 6.23 Å². The molecule has 0 bridgehead atoms. The number of hydrogen-bond acceptors (Lipinski definition) is 5. The topological polar surface area (TPSA) is 93.5 Å². The zero-order chi connectivity index (χ0) is 11.5. The van der Waals surface area contributed by atoms with Crippen molar-refractivity contribution in [1.82, 2.24) is 10.8 Å². The van der Waals surface area contributed by atoms with Gasteiger partial charge in [0.25, 0.3) is 11.6 Å². The van der Waals surface area contributed by atoms with E-state index in [2.05, 4.69) is 10.8 Å². The lowest BCUT2D eigenvalue weighted by Gasteiger charge is -2.23. The van der Waals surface area contributed by atoms with Crippen LogP contribution in [0.15, 0.2) is 24.3 Å². The maximum Gasteiger partial charge on any atom is 0.269 e. The normalized spacial score (nSPS) is 20.2. The smallest absolute Gasteiger partial charge is 0.269 e. The van der Waals surface area contributed by atoms with E-state index in [-0.39, 0.29) is 18.1 Å². The molecule has 1 aromatic carbocycles. The first-order chi connectivity index (χ1) is 7.66. The van der Waals surface area contributed by atoms with Crippen molar-refractivity contribution >= 4 is 11.6 Å². The first kappa shape index (κ1) is 10.5. The monoisotopic (exact) mass is 223 g/mol. The Bertz CT molecular complexity index is 407. The van der Waals surface area contributed by atoms with Gasteiger partial charge in [-0.05, 0) is 17.7 Å². The molecule has 1 atom stereocenters. The summed E-state index contributed by atoms with van der Waals surface area (Å²) in [5.41, 5.74) is 2.96. The Morgan fingerprint density at radius 2 is 2.06 bits per heavy atom. The fraction of sp³-hybridized carbons (Fsp3) is 0.222. The van der Waals surface area contributed by atoms with Crippen LogP contribution in [0, 0.1) is 10.1 Å². The predicted molar refractivity (Wildman–Crippen MR) is 53.1 cm³/mol. The van der Waals surface area contributed by atoms with Gasteiger partial charge in [-0.3, -0.25) is 20.2 Å². The van der Waals surface area contributed by atoms with E-state index in [1.165, 1.54) is 12.1 Å². The van der Waals surface area contributed by atoms with Gasteiger partial charge in [0.1, 0.15) is 0 Å². The minimum absolute atomic E-state index is 0.0172. The van der Waals surface area contributed by atoms with E-state index in [9.17, 15) is 14.9 Å². The molecule has 16 heavy (non-hydrogen) atoms. The molecule has 0 radical (unpaired) electrons. The quantitative estimate of drug-likeness (QED) is 0.553. The van der Waals surface area contributed by atoms with Gasteiger partial charge in [0.2, 0.25) is 0 Å². The predicted octanol–water partition coefficient (Wildman–Crippen LogP) is 0.244. The van der Waals surface area contributed by atoms with Crippen LogP contribution in [0.4, 0.5) is 5.69 Å². The third-order valence-electron chi connectivity index (χ3n) is 2.15. The molecule has 1 aliphatic rings. The molecule has 0 saturated carbocycles. The zero-order valence-corrected chi connectivity index (χ0v) is 8.17. The summed E-state index contributed by atoms with van der Waals surface area (Å²) in [5.74, 6) is -0.252.